The number of methoxy groups -OCH3 is 1. The molecule has 3 N–H and O–H groups in total. The lowest BCUT2D eigenvalue weighted by Gasteiger charge is -2.38. The molecule has 2 saturated carbocycles. The highest BCUT2D eigenvalue weighted by Gasteiger charge is 2.64. The smallest absolute Gasteiger partial charge is 0.408 e. The first kappa shape index (κ1) is 38.4. The minimum absolute atomic E-state index is 0.0347. The van der Waals surface area contributed by atoms with Crippen molar-refractivity contribution in [1.29, 1.82) is 0 Å². The fraction of sp³-hybridized carbons (Fsp3) is 0.625. The van der Waals surface area contributed by atoms with Gasteiger partial charge in [0.15, 0.2) is 5.60 Å². The van der Waals surface area contributed by atoms with Crippen LogP contribution in [0.4, 0.5) is 4.79 Å². The van der Waals surface area contributed by atoms with Crippen LogP contribution in [0.1, 0.15) is 89.3 Å². The molecule has 1 aromatic carbocycles. The molecule has 4 fully saturated rings. The van der Waals surface area contributed by atoms with E-state index in [0.29, 0.717) is 62.1 Å². The van der Waals surface area contributed by atoms with Crippen LogP contribution in [0, 0.1) is 12.8 Å². The second kappa shape index (κ2) is 13.9. The molecule has 302 valence electrons. The van der Waals surface area contributed by atoms with Gasteiger partial charge in [-0.05, 0) is 90.3 Å². The lowest BCUT2D eigenvalue weighted by molar-refractivity contribution is -0.167. The average Bonchev–Trinajstić information content (AvgIpc) is 4.04. The Morgan fingerprint density at radius 3 is 2.57 bits per heavy atom. The van der Waals surface area contributed by atoms with Crippen molar-refractivity contribution in [3.63, 3.8) is 0 Å². The molecule has 1 spiro atoms. The second-order valence-corrected chi connectivity index (χ2v) is 19.3. The number of nitrogens with zero attached hydrogens (tertiary/aromatic N) is 2. The van der Waals surface area contributed by atoms with Crippen molar-refractivity contribution in [2.24, 2.45) is 5.92 Å². The predicted molar refractivity (Wildman–Crippen MR) is 203 cm³/mol. The van der Waals surface area contributed by atoms with Crippen LogP contribution in [-0.2, 0) is 40.3 Å². The number of carbonyl (C=O) groups is 4. The van der Waals surface area contributed by atoms with E-state index in [-0.39, 0.29) is 32.6 Å². The molecule has 0 unspecified atom stereocenters. The molecule has 0 bridgehead atoms. The van der Waals surface area contributed by atoms with Gasteiger partial charge in [-0.25, -0.2) is 18.2 Å². The molecule has 16 heteroatoms. The highest BCUT2D eigenvalue weighted by Crippen LogP contribution is 2.49. The van der Waals surface area contributed by atoms with Gasteiger partial charge in [-0.2, -0.15) is 0 Å². The van der Waals surface area contributed by atoms with Crippen molar-refractivity contribution in [3.05, 3.63) is 41.6 Å². The number of allylic oxidation sites excluding steroid dienone is 1. The lowest BCUT2D eigenvalue weighted by Crippen LogP contribution is -2.59. The number of hydrogen-bond acceptors (Lipinski definition) is 11. The number of pyridine rings is 1. The lowest BCUT2D eigenvalue weighted by atomic mass is 9.87. The Bertz CT molecular complexity index is 2120. The molecule has 2 saturated heterocycles. The largest absolute Gasteiger partial charge is 0.497 e. The first-order chi connectivity index (χ1) is 26.6. The Kier molecular flexibility index (Phi) is 9.53. The number of nitrogens with one attached hydrogen (secondary N) is 3. The average molecular weight is 794 g/mol. The van der Waals surface area contributed by atoms with Crippen molar-refractivity contribution in [3.8, 4) is 11.5 Å². The summed E-state index contributed by atoms with van der Waals surface area (Å²) < 4.78 is 51.0. The van der Waals surface area contributed by atoms with Crippen molar-refractivity contribution < 1.29 is 46.5 Å². The van der Waals surface area contributed by atoms with E-state index in [9.17, 15) is 27.6 Å². The van der Waals surface area contributed by atoms with E-state index in [1.807, 2.05) is 37.3 Å². The highest BCUT2D eigenvalue weighted by atomic mass is 32.2. The fourth-order valence-corrected chi connectivity index (χ4v) is 9.95. The molecule has 1 aromatic heterocycles. The fourth-order valence-electron chi connectivity index (χ4n) is 8.64. The van der Waals surface area contributed by atoms with Crippen molar-refractivity contribution >= 4 is 44.7 Å². The van der Waals surface area contributed by atoms with E-state index >= 15 is 0 Å². The Labute approximate surface area is 326 Å². The monoisotopic (exact) mass is 793 g/mol. The van der Waals surface area contributed by atoms with E-state index in [1.165, 1.54) is 4.90 Å². The molecule has 0 radical (unpaired) electrons. The topological polar surface area (TPSA) is 192 Å². The van der Waals surface area contributed by atoms with Gasteiger partial charge >= 0.3 is 6.09 Å². The summed E-state index contributed by atoms with van der Waals surface area (Å²) in [5.74, 6) is -1.02. The molecule has 15 nitrogen and oxygen atoms in total. The number of rotatable bonds is 6. The molecule has 8 rings (SSSR count). The van der Waals surface area contributed by atoms with Gasteiger partial charge in [0.2, 0.25) is 21.8 Å². The zero-order chi connectivity index (χ0) is 39.7. The molecule has 5 heterocycles. The highest BCUT2D eigenvalue weighted by molar-refractivity contribution is 7.91. The first-order valence-corrected chi connectivity index (χ1v) is 21.2. The minimum Gasteiger partial charge on any atom is -0.497 e. The van der Waals surface area contributed by atoms with Crippen LogP contribution < -0.4 is 24.8 Å². The van der Waals surface area contributed by atoms with E-state index in [4.69, 9.17) is 23.9 Å². The van der Waals surface area contributed by atoms with E-state index in [1.54, 1.807) is 21.0 Å². The summed E-state index contributed by atoms with van der Waals surface area (Å²) in [6.07, 6.45) is 8.50. The summed E-state index contributed by atoms with van der Waals surface area (Å²) in [5.41, 5.74) is -0.894. The van der Waals surface area contributed by atoms with Gasteiger partial charge in [0, 0.05) is 23.3 Å². The Balaban J connectivity index is 1.13. The molecule has 56 heavy (non-hydrogen) atoms. The summed E-state index contributed by atoms with van der Waals surface area (Å²) in [5, 5.41) is 6.64. The Hall–Kier alpha value is -4.44. The molecule has 5 atom stereocenters. The van der Waals surface area contributed by atoms with Gasteiger partial charge in [0.05, 0.1) is 42.8 Å². The summed E-state index contributed by atoms with van der Waals surface area (Å²) in [4.78, 5) is 62.9. The third kappa shape index (κ3) is 6.96. The van der Waals surface area contributed by atoms with Gasteiger partial charge in [0.25, 0.3) is 5.91 Å². The maximum Gasteiger partial charge on any atom is 0.408 e. The van der Waals surface area contributed by atoms with Crippen LogP contribution in [0.15, 0.2) is 30.4 Å². The van der Waals surface area contributed by atoms with Crippen LogP contribution >= 0.6 is 0 Å². The Morgan fingerprint density at radius 2 is 1.86 bits per heavy atom. The molecular formula is C40H51N5O10S. The van der Waals surface area contributed by atoms with Gasteiger partial charge < -0.3 is 34.5 Å². The van der Waals surface area contributed by atoms with Crippen molar-refractivity contribution in [2.75, 3.05) is 26.9 Å². The predicted octanol–water partition coefficient (Wildman–Crippen LogP) is 3.49. The number of amides is 4. The maximum absolute atomic E-state index is 14.8. The number of aromatic nitrogens is 1. The number of alkyl carbamates (subject to hydrolysis) is 1. The summed E-state index contributed by atoms with van der Waals surface area (Å²) >= 11 is 0. The summed E-state index contributed by atoms with van der Waals surface area (Å²) in [7, 11) is -2.39. The van der Waals surface area contributed by atoms with Gasteiger partial charge in [-0.3, -0.25) is 19.1 Å². The van der Waals surface area contributed by atoms with E-state index in [2.05, 4.69) is 15.4 Å². The number of fused-ring (bicyclic) bond motifs is 5. The minimum atomic E-state index is -3.99. The van der Waals surface area contributed by atoms with Crippen LogP contribution in [0.5, 0.6) is 11.5 Å². The molecule has 4 aliphatic heterocycles. The number of aryl methyl sites for hydroxylation is 2. The van der Waals surface area contributed by atoms with Gasteiger partial charge in [-0.1, -0.05) is 25.0 Å². The number of benzene rings is 1. The molecule has 6 aliphatic rings. The van der Waals surface area contributed by atoms with Crippen LogP contribution in [-0.4, -0.2) is 103 Å². The third-order valence-electron chi connectivity index (χ3n) is 12.6. The standard InChI is InChI=1S/C40H51N5O10S/c1-24-32-27(28-18-26(52-4)12-13-29(28)41-24)14-15-39(54-32)20-31-33(46)43-40(35(48)44-56(50,51)38(3)16-17-38)19-25(40)10-8-6-5-7-9-11-30(34(47)45(31)21-39)42-36(49)55-37(2)22-53-23-37/h8,10,12-13,18,25,30-31H,5-7,9,11,14-17,19-23H2,1-4H3,(H,42,49)(H,43,46)(H,44,48)/b10-8-/t25-,30+,31+,39-,40-/m1/s1. The zero-order valence-corrected chi connectivity index (χ0v) is 33.2. The Morgan fingerprint density at radius 1 is 1.07 bits per heavy atom. The molecule has 2 aliphatic carbocycles. The molecule has 2 aromatic rings. The third-order valence-corrected chi connectivity index (χ3v) is 14.8. The number of carbonyl (C=O) groups excluding carboxylic acids is 4. The van der Waals surface area contributed by atoms with Crippen LogP contribution in [0.3, 0.4) is 0 Å². The first-order valence-electron chi connectivity index (χ1n) is 19.7. The van der Waals surface area contributed by atoms with Crippen molar-refractivity contribution in [2.45, 2.75) is 125 Å². The van der Waals surface area contributed by atoms with Crippen LogP contribution in [0.2, 0.25) is 0 Å². The SMILES string of the molecule is COc1ccc2nc(C)c3c(c2c1)CC[C@]1(C[C@H]2C(=O)N[C@]4(C(=O)NS(=O)(=O)C5(C)CC5)C[C@H]4/C=C\CCCCC[C@H](NC(=O)OC4(C)COC4)C(=O)N2C1)O3. The second-order valence-electron chi connectivity index (χ2n) is 17.1. The number of hydrogen-bond donors (Lipinski definition) is 3. The number of ether oxygens (including phenoxy) is 4. The number of sulfonamides is 1. The summed E-state index contributed by atoms with van der Waals surface area (Å²) in [6.45, 7) is 5.75. The van der Waals surface area contributed by atoms with Gasteiger partial charge in [-0.15, -0.1) is 0 Å². The van der Waals surface area contributed by atoms with Crippen molar-refractivity contribution in [1.82, 2.24) is 25.2 Å². The zero-order valence-electron chi connectivity index (χ0n) is 32.4. The summed E-state index contributed by atoms with van der Waals surface area (Å²) in [6, 6.07) is 3.57. The molecular weight excluding hydrogens is 743 g/mol. The van der Waals surface area contributed by atoms with E-state index in [0.717, 1.165) is 29.3 Å². The van der Waals surface area contributed by atoms with E-state index < -0.39 is 73.3 Å². The quantitative estimate of drug-likeness (QED) is 0.363. The van der Waals surface area contributed by atoms with Gasteiger partial charge in [0.1, 0.15) is 34.7 Å². The molecule has 4 amide bonds. The normalized spacial score (nSPS) is 31.1. The maximum atomic E-state index is 14.8. The van der Waals surface area contributed by atoms with Crippen LogP contribution in [0.25, 0.3) is 10.9 Å².